The monoisotopic (exact) mass is 373 g/mol. The summed E-state index contributed by atoms with van der Waals surface area (Å²) in [4.78, 5) is 12.3. The average molecular weight is 374 g/mol. The van der Waals surface area contributed by atoms with Crippen molar-refractivity contribution in [3.8, 4) is 11.5 Å². The fourth-order valence-electron chi connectivity index (χ4n) is 2.84. The van der Waals surface area contributed by atoms with Gasteiger partial charge in [0.1, 0.15) is 11.5 Å². The van der Waals surface area contributed by atoms with E-state index in [0.717, 1.165) is 23.1 Å². The van der Waals surface area contributed by atoms with Crippen LogP contribution in [0.5, 0.6) is 11.5 Å². The molecule has 3 rings (SSSR count). The van der Waals surface area contributed by atoms with E-state index in [0.29, 0.717) is 17.4 Å². The molecule has 23 heavy (non-hydrogen) atoms. The van der Waals surface area contributed by atoms with E-state index in [-0.39, 0.29) is 5.91 Å². The zero-order valence-corrected chi connectivity index (χ0v) is 14.5. The van der Waals surface area contributed by atoms with Gasteiger partial charge in [-0.1, -0.05) is 31.4 Å². The van der Waals surface area contributed by atoms with Crippen molar-refractivity contribution in [3.63, 3.8) is 0 Å². The number of hydrogen-bond acceptors (Lipinski definition) is 2. The van der Waals surface area contributed by atoms with Crippen LogP contribution in [0.2, 0.25) is 0 Å². The van der Waals surface area contributed by atoms with Crippen LogP contribution in [0, 0.1) is 0 Å². The molecule has 0 radical (unpaired) electrons. The molecule has 0 spiro atoms. The molecule has 0 heterocycles. The Morgan fingerprint density at radius 2 is 1.70 bits per heavy atom. The Morgan fingerprint density at radius 3 is 2.39 bits per heavy atom. The lowest BCUT2D eigenvalue weighted by Gasteiger charge is -2.22. The minimum atomic E-state index is 0.00402. The maximum Gasteiger partial charge on any atom is 0.251 e. The molecule has 120 valence electrons. The van der Waals surface area contributed by atoms with Crippen LogP contribution in [-0.2, 0) is 0 Å². The maximum absolute atomic E-state index is 12.3. The van der Waals surface area contributed by atoms with Crippen molar-refractivity contribution in [1.82, 2.24) is 5.32 Å². The predicted molar refractivity (Wildman–Crippen MR) is 95.0 cm³/mol. The van der Waals surface area contributed by atoms with E-state index in [1.54, 1.807) is 0 Å². The predicted octanol–water partition coefficient (Wildman–Crippen LogP) is 5.30. The first-order valence-electron chi connectivity index (χ1n) is 8.06. The second kappa shape index (κ2) is 7.64. The minimum Gasteiger partial charge on any atom is -0.456 e. The van der Waals surface area contributed by atoms with Gasteiger partial charge < -0.3 is 10.1 Å². The smallest absolute Gasteiger partial charge is 0.251 e. The second-order valence-electron chi connectivity index (χ2n) is 5.87. The summed E-state index contributed by atoms with van der Waals surface area (Å²) >= 11 is 3.46. The number of carbonyl (C=O) groups is 1. The molecule has 3 nitrogen and oxygen atoms in total. The third-order valence-corrected chi connectivity index (χ3v) is 4.78. The van der Waals surface area contributed by atoms with Gasteiger partial charge in [0, 0.05) is 11.6 Å². The zero-order valence-electron chi connectivity index (χ0n) is 12.9. The molecule has 1 amide bonds. The van der Waals surface area contributed by atoms with Gasteiger partial charge in [0.2, 0.25) is 0 Å². The lowest BCUT2D eigenvalue weighted by Crippen LogP contribution is -2.36. The van der Waals surface area contributed by atoms with Crippen LogP contribution >= 0.6 is 15.9 Å². The van der Waals surface area contributed by atoms with Crippen LogP contribution in [-0.4, -0.2) is 11.9 Å². The molecule has 1 aliphatic rings. The number of halogens is 1. The van der Waals surface area contributed by atoms with Crippen LogP contribution in [0.25, 0.3) is 0 Å². The van der Waals surface area contributed by atoms with Crippen molar-refractivity contribution in [2.75, 3.05) is 0 Å². The van der Waals surface area contributed by atoms with Crippen LogP contribution in [0.15, 0.2) is 53.0 Å². The van der Waals surface area contributed by atoms with E-state index in [2.05, 4.69) is 21.2 Å². The Bertz CT molecular complexity index is 663. The summed E-state index contributed by atoms with van der Waals surface area (Å²) in [5.74, 6) is 1.47. The van der Waals surface area contributed by atoms with Gasteiger partial charge in [0.05, 0.1) is 4.47 Å². The number of benzene rings is 2. The zero-order chi connectivity index (χ0) is 16.1. The number of para-hydroxylation sites is 1. The fraction of sp³-hybridized carbons (Fsp3) is 0.316. The topological polar surface area (TPSA) is 38.3 Å². The number of rotatable bonds is 4. The van der Waals surface area contributed by atoms with Gasteiger partial charge in [-0.15, -0.1) is 0 Å². The molecule has 2 aromatic carbocycles. The number of ether oxygens (including phenoxy) is 1. The molecule has 0 aromatic heterocycles. The summed E-state index contributed by atoms with van der Waals surface area (Å²) in [6.07, 6.45) is 5.89. The highest BCUT2D eigenvalue weighted by atomic mass is 79.9. The Labute approximate surface area is 145 Å². The van der Waals surface area contributed by atoms with Gasteiger partial charge in [-0.2, -0.15) is 0 Å². The van der Waals surface area contributed by atoms with Gasteiger partial charge in [-0.3, -0.25) is 4.79 Å². The number of nitrogens with one attached hydrogen (secondary N) is 1. The highest BCUT2D eigenvalue weighted by molar-refractivity contribution is 9.10. The van der Waals surface area contributed by atoms with Gasteiger partial charge in [0.25, 0.3) is 5.91 Å². The van der Waals surface area contributed by atoms with E-state index >= 15 is 0 Å². The Balaban J connectivity index is 1.62. The quantitative estimate of drug-likeness (QED) is 0.788. The molecular formula is C19H20BrNO2. The van der Waals surface area contributed by atoms with E-state index in [4.69, 9.17) is 4.74 Å². The Kier molecular flexibility index (Phi) is 5.34. The molecular weight excluding hydrogens is 354 g/mol. The first-order valence-corrected chi connectivity index (χ1v) is 8.85. The summed E-state index contributed by atoms with van der Waals surface area (Å²) in [6, 6.07) is 15.3. The van der Waals surface area contributed by atoms with Crippen LogP contribution in [0.3, 0.4) is 0 Å². The Morgan fingerprint density at radius 1 is 1.00 bits per heavy atom. The molecule has 0 unspecified atom stereocenters. The Hall–Kier alpha value is -1.81. The molecule has 1 saturated carbocycles. The molecule has 2 aromatic rings. The highest BCUT2D eigenvalue weighted by Gasteiger charge is 2.16. The first kappa shape index (κ1) is 16.1. The van der Waals surface area contributed by atoms with Crippen molar-refractivity contribution >= 4 is 21.8 Å². The normalized spacial score (nSPS) is 15.2. The van der Waals surface area contributed by atoms with Gasteiger partial charge in [0.15, 0.2) is 0 Å². The van der Waals surface area contributed by atoms with Crippen LogP contribution in [0.4, 0.5) is 0 Å². The summed E-state index contributed by atoms with van der Waals surface area (Å²) < 4.78 is 6.72. The van der Waals surface area contributed by atoms with E-state index in [1.165, 1.54) is 19.3 Å². The molecule has 1 fully saturated rings. The van der Waals surface area contributed by atoms with Crippen LogP contribution in [0.1, 0.15) is 42.5 Å². The van der Waals surface area contributed by atoms with Gasteiger partial charge >= 0.3 is 0 Å². The van der Waals surface area contributed by atoms with Crippen molar-refractivity contribution in [1.29, 1.82) is 0 Å². The third-order valence-electron chi connectivity index (χ3n) is 4.12. The van der Waals surface area contributed by atoms with E-state index in [9.17, 15) is 4.79 Å². The highest BCUT2D eigenvalue weighted by Crippen LogP contribution is 2.29. The lowest BCUT2D eigenvalue weighted by molar-refractivity contribution is 0.0927. The summed E-state index contributed by atoms with van der Waals surface area (Å²) in [7, 11) is 0. The van der Waals surface area contributed by atoms with Crippen molar-refractivity contribution in [2.24, 2.45) is 0 Å². The summed E-state index contributed by atoms with van der Waals surface area (Å²) in [5.41, 5.74) is 0.676. The molecule has 0 saturated heterocycles. The maximum atomic E-state index is 12.3. The van der Waals surface area contributed by atoms with Crippen molar-refractivity contribution in [3.05, 3.63) is 58.6 Å². The molecule has 0 bridgehead atoms. The van der Waals surface area contributed by atoms with Crippen molar-refractivity contribution < 1.29 is 9.53 Å². The van der Waals surface area contributed by atoms with E-state index in [1.807, 2.05) is 48.5 Å². The fourth-order valence-corrected chi connectivity index (χ4v) is 3.21. The molecule has 1 aliphatic carbocycles. The SMILES string of the molecule is O=C(NC1CCCCC1)c1ccc(Oc2ccccc2Br)cc1. The minimum absolute atomic E-state index is 0.00402. The summed E-state index contributed by atoms with van der Waals surface area (Å²) in [6.45, 7) is 0. The van der Waals surface area contributed by atoms with Gasteiger partial charge in [-0.05, 0) is 65.2 Å². The lowest BCUT2D eigenvalue weighted by atomic mass is 9.95. The average Bonchev–Trinajstić information content (AvgIpc) is 2.58. The van der Waals surface area contributed by atoms with Crippen LogP contribution < -0.4 is 10.1 Å². The van der Waals surface area contributed by atoms with E-state index < -0.39 is 0 Å². The van der Waals surface area contributed by atoms with Gasteiger partial charge in [-0.25, -0.2) is 0 Å². The van der Waals surface area contributed by atoms with Crippen molar-refractivity contribution in [2.45, 2.75) is 38.1 Å². The largest absolute Gasteiger partial charge is 0.456 e. The molecule has 0 atom stereocenters. The number of amides is 1. The molecule has 0 aliphatic heterocycles. The standard InChI is InChI=1S/C19H20BrNO2/c20-17-8-4-5-9-18(17)23-16-12-10-14(11-13-16)19(22)21-15-6-2-1-3-7-15/h4-5,8-13,15H,1-3,6-7H2,(H,21,22). The third kappa shape index (κ3) is 4.35. The molecule has 1 N–H and O–H groups in total. The molecule has 4 heteroatoms. The second-order valence-corrected chi connectivity index (χ2v) is 6.72. The first-order chi connectivity index (χ1) is 11.2. The number of hydrogen-bond donors (Lipinski definition) is 1. The summed E-state index contributed by atoms with van der Waals surface area (Å²) in [5, 5.41) is 3.13. The number of carbonyl (C=O) groups excluding carboxylic acids is 1.